The lowest BCUT2D eigenvalue weighted by Gasteiger charge is -2.48. The van der Waals surface area contributed by atoms with Crippen LogP contribution in [0.5, 0.6) is 0 Å². The summed E-state index contributed by atoms with van der Waals surface area (Å²) in [5.41, 5.74) is 6.04. The van der Waals surface area contributed by atoms with Crippen molar-refractivity contribution in [1.82, 2.24) is 9.97 Å². The van der Waals surface area contributed by atoms with E-state index >= 15 is 0 Å². The second-order valence-corrected chi connectivity index (χ2v) is 6.70. The molecule has 0 saturated carbocycles. The quantitative estimate of drug-likeness (QED) is 0.858. The molecule has 122 valence electrons. The van der Waals surface area contributed by atoms with Crippen LogP contribution >= 0.6 is 0 Å². The molecule has 1 aromatic heterocycles. The minimum Gasteiger partial charge on any atom is -0.389 e. The molecule has 3 heterocycles. The molecule has 2 saturated heterocycles. The molecule has 0 spiro atoms. The third-order valence-electron chi connectivity index (χ3n) is 5.24. The van der Waals surface area contributed by atoms with Gasteiger partial charge in [0.1, 0.15) is 5.82 Å². The van der Waals surface area contributed by atoms with E-state index in [4.69, 9.17) is 10.5 Å². The molecule has 3 rings (SSSR count). The van der Waals surface area contributed by atoms with Gasteiger partial charge < -0.3 is 20.5 Å². The third-order valence-corrected chi connectivity index (χ3v) is 5.24. The molecule has 2 atom stereocenters. The summed E-state index contributed by atoms with van der Waals surface area (Å²) in [5, 5.41) is 11.2. The monoisotopic (exact) mass is 306 g/mol. The molecule has 6 nitrogen and oxygen atoms in total. The minimum absolute atomic E-state index is 0.195. The first-order valence-electron chi connectivity index (χ1n) is 8.15. The van der Waals surface area contributed by atoms with E-state index in [0.29, 0.717) is 11.9 Å². The van der Waals surface area contributed by atoms with E-state index in [1.807, 2.05) is 13.0 Å². The maximum Gasteiger partial charge on any atom is 0.222 e. The lowest BCUT2D eigenvalue weighted by atomic mass is 9.70. The average Bonchev–Trinajstić information content (AvgIpc) is 2.50. The third kappa shape index (κ3) is 2.90. The Kier molecular flexibility index (Phi) is 4.23. The van der Waals surface area contributed by atoms with Crippen molar-refractivity contribution < 1.29 is 9.84 Å². The molecule has 0 amide bonds. The van der Waals surface area contributed by atoms with Crippen LogP contribution in [0, 0.1) is 18.8 Å². The summed E-state index contributed by atoms with van der Waals surface area (Å²) in [6.07, 6.45) is 2.68. The Hall–Kier alpha value is -1.40. The number of nitrogens with two attached hydrogens (primary N) is 1. The number of hydrogen-bond acceptors (Lipinski definition) is 6. The Bertz CT molecular complexity index is 513. The zero-order valence-corrected chi connectivity index (χ0v) is 13.5. The van der Waals surface area contributed by atoms with Gasteiger partial charge in [-0.3, -0.25) is 0 Å². The number of piperidine rings is 1. The van der Waals surface area contributed by atoms with Gasteiger partial charge in [0.15, 0.2) is 0 Å². The van der Waals surface area contributed by atoms with Crippen molar-refractivity contribution >= 4 is 11.8 Å². The van der Waals surface area contributed by atoms with E-state index in [1.54, 1.807) is 0 Å². The fourth-order valence-corrected chi connectivity index (χ4v) is 3.89. The van der Waals surface area contributed by atoms with Crippen molar-refractivity contribution in [3.8, 4) is 0 Å². The maximum absolute atomic E-state index is 11.2. The fraction of sp³-hybridized carbons (Fsp3) is 0.750. The standard InChI is InChI=1S/C16H26N4O2/c1-11-10-20(14-9-12(2)18-15(17)19-14)6-5-16(11,21)13-3-7-22-8-4-13/h9,11,13,21H,3-8,10H2,1-2H3,(H2,17,18,19)/t11-,16+/m1/s1. The highest BCUT2D eigenvalue weighted by atomic mass is 16.5. The summed E-state index contributed by atoms with van der Waals surface area (Å²) < 4.78 is 5.44. The van der Waals surface area contributed by atoms with Gasteiger partial charge in [-0.1, -0.05) is 6.92 Å². The van der Waals surface area contributed by atoms with Gasteiger partial charge in [0.2, 0.25) is 5.95 Å². The molecule has 3 N–H and O–H groups in total. The van der Waals surface area contributed by atoms with E-state index in [-0.39, 0.29) is 5.92 Å². The Morgan fingerprint density at radius 1 is 1.36 bits per heavy atom. The van der Waals surface area contributed by atoms with Gasteiger partial charge in [-0.25, -0.2) is 4.98 Å². The number of nitrogens with zero attached hydrogens (tertiary/aromatic N) is 3. The predicted octanol–water partition coefficient (Wildman–Crippen LogP) is 1.37. The predicted molar refractivity (Wildman–Crippen MR) is 85.7 cm³/mol. The molecule has 2 aliphatic rings. The van der Waals surface area contributed by atoms with Crippen molar-refractivity contribution in [2.75, 3.05) is 36.9 Å². The fourth-order valence-electron chi connectivity index (χ4n) is 3.89. The van der Waals surface area contributed by atoms with Crippen LogP contribution in [0.1, 0.15) is 31.9 Å². The highest BCUT2D eigenvalue weighted by molar-refractivity contribution is 5.44. The Morgan fingerprint density at radius 2 is 2.09 bits per heavy atom. The molecule has 22 heavy (non-hydrogen) atoms. The van der Waals surface area contributed by atoms with Crippen LogP contribution < -0.4 is 10.6 Å². The smallest absolute Gasteiger partial charge is 0.222 e. The molecule has 2 fully saturated rings. The molecule has 0 aromatic carbocycles. The van der Waals surface area contributed by atoms with Crippen LogP contribution in [0.2, 0.25) is 0 Å². The van der Waals surface area contributed by atoms with Gasteiger partial charge in [-0.15, -0.1) is 0 Å². The van der Waals surface area contributed by atoms with Gasteiger partial charge in [0.25, 0.3) is 0 Å². The second-order valence-electron chi connectivity index (χ2n) is 6.70. The summed E-state index contributed by atoms with van der Waals surface area (Å²) in [7, 11) is 0. The summed E-state index contributed by atoms with van der Waals surface area (Å²) >= 11 is 0. The van der Waals surface area contributed by atoms with Crippen molar-refractivity contribution in [2.24, 2.45) is 11.8 Å². The van der Waals surface area contributed by atoms with Crippen molar-refractivity contribution in [2.45, 2.75) is 38.7 Å². The molecule has 0 aliphatic carbocycles. The highest BCUT2D eigenvalue weighted by Crippen LogP contribution is 2.40. The molecule has 2 aliphatic heterocycles. The average molecular weight is 306 g/mol. The molecule has 0 bridgehead atoms. The molecule has 0 radical (unpaired) electrons. The van der Waals surface area contributed by atoms with E-state index < -0.39 is 5.60 Å². The van der Waals surface area contributed by atoms with Crippen LogP contribution in [-0.4, -0.2) is 47.0 Å². The number of rotatable bonds is 2. The summed E-state index contributed by atoms with van der Waals surface area (Å²) in [5.74, 6) is 1.72. The van der Waals surface area contributed by atoms with Gasteiger partial charge in [-0.2, -0.15) is 4.98 Å². The van der Waals surface area contributed by atoms with E-state index in [1.165, 1.54) is 0 Å². The minimum atomic E-state index is -0.589. The number of hydrogen-bond donors (Lipinski definition) is 2. The number of anilines is 2. The SMILES string of the molecule is Cc1cc(N2CC[C@@](O)(C3CCOCC3)[C@H](C)C2)nc(N)n1. The first-order chi connectivity index (χ1) is 10.5. The topological polar surface area (TPSA) is 84.5 Å². The first kappa shape index (κ1) is 15.5. The molecular formula is C16H26N4O2. The largest absolute Gasteiger partial charge is 0.389 e. The number of ether oxygens (including phenoxy) is 1. The van der Waals surface area contributed by atoms with Gasteiger partial charge in [0.05, 0.1) is 5.60 Å². The molecule has 0 unspecified atom stereocenters. The van der Waals surface area contributed by atoms with Gasteiger partial charge >= 0.3 is 0 Å². The Labute approximate surface area is 131 Å². The number of aryl methyl sites for hydroxylation is 1. The van der Waals surface area contributed by atoms with Crippen LogP contribution in [0.25, 0.3) is 0 Å². The van der Waals surface area contributed by atoms with Gasteiger partial charge in [0, 0.05) is 44.0 Å². The van der Waals surface area contributed by atoms with Crippen LogP contribution in [0.4, 0.5) is 11.8 Å². The summed E-state index contributed by atoms with van der Waals surface area (Å²) in [6.45, 7) is 7.19. The van der Waals surface area contributed by atoms with Crippen molar-refractivity contribution in [1.29, 1.82) is 0 Å². The zero-order valence-electron chi connectivity index (χ0n) is 13.5. The van der Waals surface area contributed by atoms with Crippen molar-refractivity contribution in [3.05, 3.63) is 11.8 Å². The highest BCUT2D eigenvalue weighted by Gasteiger charge is 2.45. The maximum atomic E-state index is 11.2. The normalized spacial score (nSPS) is 30.5. The zero-order chi connectivity index (χ0) is 15.7. The lowest BCUT2D eigenvalue weighted by Crippen LogP contribution is -2.56. The number of nitrogen functional groups attached to an aromatic ring is 1. The summed E-state index contributed by atoms with van der Waals surface area (Å²) in [4.78, 5) is 10.7. The second kappa shape index (κ2) is 6.01. The molecule has 6 heteroatoms. The van der Waals surface area contributed by atoms with E-state index in [9.17, 15) is 5.11 Å². The van der Waals surface area contributed by atoms with E-state index in [0.717, 1.165) is 57.1 Å². The van der Waals surface area contributed by atoms with E-state index in [2.05, 4.69) is 21.8 Å². The lowest BCUT2D eigenvalue weighted by molar-refractivity contribution is -0.108. The molecular weight excluding hydrogens is 280 g/mol. The summed E-state index contributed by atoms with van der Waals surface area (Å²) in [6, 6.07) is 1.96. The van der Waals surface area contributed by atoms with Crippen LogP contribution in [0.15, 0.2) is 6.07 Å². The first-order valence-corrected chi connectivity index (χ1v) is 8.15. The van der Waals surface area contributed by atoms with Crippen LogP contribution in [0.3, 0.4) is 0 Å². The van der Waals surface area contributed by atoms with Gasteiger partial charge in [-0.05, 0) is 32.1 Å². The van der Waals surface area contributed by atoms with Crippen molar-refractivity contribution in [3.63, 3.8) is 0 Å². The molecule has 1 aromatic rings. The van der Waals surface area contributed by atoms with Crippen LogP contribution in [-0.2, 0) is 4.74 Å². The number of aromatic nitrogens is 2. The Balaban J connectivity index is 1.73. The number of aliphatic hydroxyl groups is 1. The Morgan fingerprint density at radius 3 is 2.73 bits per heavy atom.